The number of aliphatic hydroxyl groups excluding tert-OH is 2. The molecule has 1 aromatic heterocycles. The van der Waals surface area contributed by atoms with E-state index in [1.807, 2.05) is 4.98 Å². The van der Waals surface area contributed by atoms with Crippen molar-refractivity contribution in [1.82, 2.24) is 9.55 Å². The number of nitrogens with one attached hydrogen (secondary N) is 1. The van der Waals surface area contributed by atoms with Crippen LogP contribution in [0.15, 0.2) is 21.9 Å². The van der Waals surface area contributed by atoms with Crippen molar-refractivity contribution in [3.63, 3.8) is 0 Å². The van der Waals surface area contributed by atoms with Gasteiger partial charge in [-0.25, -0.2) is 4.79 Å². The van der Waals surface area contributed by atoms with E-state index >= 15 is 0 Å². The second-order valence-corrected chi connectivity index (χ2v) is 4.43. The van der Waals surface area contributed by atoms with Crippen LogP contribution in [0, 0.1) is 17.2 Å². The molecular formula is C11H13N3O5. The maximum absolute atomic E-state index is 11.7. The predicted octanol–water partition coefficient (Wildman–Crippen LogP) is -1.90. The van der Waals surface area contributed by atoms with Gasteiger partial charge in [0.2, 0.25) is 0 Å². The molecule has 1 aliphatic rings. The number of nitrogens with zero attached hydrogens (tertiary/aromatic N) is 2. The molecule has 0 unspecified atom stereocenters. The van der Waals surface area contributed by atoms with E-state index in [9.17, 15) is 20.0 Å². The van der Waals surface area contributed by atoms with Crippen molar-refractivity contribution >= 4 is 0 Å². The van der Waals surface area contributed by atoms with Gasteiger partial charge in [-0.1, -0.05) is 6.92 Å². The molecule has 8 nitrogen and oxygen atoms in total. The Hall–Kier alpha value is -1.95. The van der Waals surface area contributed by atoms with Crippen LogP contribution in [-0.4, -0.2) is 38.6 Å². The number of aliphatic hydroxyl groups is 2. The zero-order valence-corrected chi connectivity index (χ0v) is 10.1. The fraction of sp³-hybridized carbons (Fsp3) is 0.545. The Bertz CT molecular complexity index is 630. The van der Waals surface area contributed by atoms with Gasteiger partial charge in [-0.15, -0.1) is 0 Å². The number of aromatic amines is 1. The van der Waals surface area contributed by atoms with Crippen molar-refractivity contribution in [2.24, 2.45) is 5.92 Å². The van der Waals surface area contributed by atoms with Gasteiger partial charge in [0.15, 0.2) is 0 Å². The topological polar surface area (TPSA) is 128 Å². The fourth-order valence-electron chi connectivity index (χ4n) is 2.20. The Morgan fingerprint density at radius 3 is 2.79 bits per heavy atom. The second-order valence-electron chi connectivity index (χ2n) is 4.43. The van der Waals surface area contributed by atoms with Crippen molar-refractivity contribution in [1.29, 1.82) is 5.26 Å². The second kappa shape index (κ2) is 4.62. The molecule has 1 fully saturated rings. The lowest BCUT2D eigenvalue weighted by molar-refractivity contribution is -0.109. The molecule has 0 saturated carbocycles. The average molecular weight is 267 g/mol. The van der Waals surface area contributed by atoms with Crippen LogP contribution in [0.1, 0.15) is 6.92 Å². The Kier molecular flexibility index (Phi) is 3.28. The molecule has 19 heavy (non-hydrogen) atoms. The zero-order chi connectivity index (χ0) is 14.2. The van der Waals surface area contributed by atoms with Gasteiger partial charge in [0.05, 0.1) is 12.7 Å². The predicted molar refractivity (Wildman–Crippen MR) is 62.0 cm³/mol. The monoisotopic (exact) mass is 267 g/mol. The highest BCUT2D eigenvalue weighted by Gasteiger charge is 2.55. The van der Waals surface area contributed by atoms with Crippen LogP contribution in [0.3, 0.4) is 0 Å². The number of nitriles is 1. The zero-order valence-electron chi connectivity index (χ0n) is 10.1. The minimum Gasteiger partial charge on any atom is -0.394 e. The Morgan fingerprint density at radius 2 is 2.32 bits per heavy atom. The molecule has 0 spiro atoms. The van der Waals surface area contributed by atoms with E-state index in [0.717, 1.165) is 16.8 Å². The maximum atomic E-state index is 11.7. The Balaban J connectivity index is 2.59. The van der Waals surface area contributed by atoms with Crippen molar-refractivity contribution in [3.05, 3.63) is 33.1 Å². The van der Waals surface area contributed by atoms with Crippen molar-refractivity contribution in [2.45, 2.75) is 24.9 Å². The molecule has 0 amide bonds. The van der Waals surface area contributed by atoms with Gasteiger partial charge in [-0.2, -0.15) is 5.26 Å². The van der Waals surface area contributed by atoms with Crippen LogP contribution in [-0.2, 0) is 10.5 Å². The summed E-state index contributed by atoms with van der Waals surface area (Å²) in [5.74, 6) is -0.538. The number of aromatic nitrogens is 2. The highest BCUT2D eigenvalue weighted by atomic mass is 16.6. The minimum atomic E-state index is -1.95. The summed E-state index contributed by atoms with van der Waals surface area (Å²) < 4.78 is 6.18. The van der Waals surface area contributed by atoms with Crippen LogP contribution in [0.2, 0.25) is 0 Å². The third-order valence-electron chi connectivity index (χ3n) is 3.34. The molecule has 2 rings (SSSR count). The number of ether oxygens (including phenoxy) is 1. The molecule has 8 heteroatoms. The van der Waals surface area contributed by atoms with E-state index in [0.29, 0.717) is 0 Å². The van der Waals surface area contributed by atoms with Gasteiger partial charge in [-0.05, 0) is 0 Å². The van der Waals surface area contributed by atoms with E-state index in [1.54, 1.807) is 13.0 Å². The third-order valence-corrected chi connectivity index (χ3v) is 3.34. The smallest absolute Gasteiger partial charge is 0.331 e. The summed E-state index contributed by atoms with van der Waals surface area (Å²) in [6, 6.07) is 2.81. The molecule has 1 aliphatic heterocycles. The van der Waals surface area contributed by atoms with Crippen LogP contribution in [0.25, 0.3) is 0 Å². The Morgan fingerprint density at radius 1 is 1.63 bits per heavy atom. The average Bonchev–Trinajstić information content (AvgIpc) is 2.64. The van der Waals surface area contributed by atoms with Crippen molar-refractivity contribution in [3.8, 4) is 6.07 Å². The number of hydrogen-bond acceptors (Lipinski definition) is 6. The summed E-state index contributed by atoms with van der Waals surface area (Å²) in [5, 5.41) is 28.6. The molecular weight excluding hydrogens is 254 g/mol. The van der Waals surface area contributed by atoms with E-state index in [-0.39, 0.29) is 6.61 Å². The highest BCUT2D eigenvalue weighted by Crippen LogP contribution is 2.37. The van der Waals surface area contributed by atoms with E-state index in [2.05, 4.69) is 0 Å². The first kappa shape index (κ1) is 13.5. The van der Waals surface area contributed by atoms with E-state index < -0.39 is 35.1 Å². The van der Waals surface area contributed by atoms with E-state index in [4.69, 9.17) is 9.84 Å². The maximum Gasteiger partial charge on any atom is 0.331 e. The molecule has 0 aliphatic carbocycles. The van der Waals surface area contributed by atoms with Crippen molar-refractivity contribution in [2.75, 3.05) is 6.61 Å². The standard InChI is InChI=1S/C11H13N3O5/c1-6-7(4-15)19-11(5-12,9(6)17)14-3-2-8(16)13-10(14)18/h2-3,6-7,9,15,17H,4H2,1H3,(H,13,16,18)/t6-,7-,9-,11-/m1/s1. The summed E-state index contributed by atoms with van der Waals surface area (Å²) in [4.78, 5) is 24.8. The van der Waals surface area contributed by atoms with Gasteiger partial charge in [-0.3, -0.25) is 14.3 Å². The van der Waals surface area contributed by atoms with Crippen molar-refractivity contribution < 1.29 is 14.9 Å². The molecule has 0 aromatic carbocycles. The first-order valence-electron chi connectivity index (χ1n) is 5.66. The van der Waals surface area contributed by atoms with Gasteiger partial charge in [0.25, 0.3) is 11.3 Å². The first-order valence-corrected chi connectivity index (χ1v) is 5.66. The normalized spacial score (nSPS) is 34.1. The summed E-state index contributed by atoms with van der Waals surface area (Å²) in [7, 11) is 0. The molecule has 0 radical (unpaired) electrons. The van der Waals surface area contributed by atoms with Gasteiger partial charge in [0.1, 0.15) is 12.2 Å². The minimum absolute atomic E-state index is 0.389. The number of hydrogen-bond donors (Lipinski definition) is 3. The SMILES string of the molecule is C[C@H]1[C@@H](O)[C@](C#N)(n2ccc(=O)[nH]c2=O)O[C@@H]1CO. The van der Waals surface area contributed by atoms with Crippen LogP contribution in [0.5, 0.6) is 0 Å². The van der Waals surface area contributed by atoms with Crippen LogP contribution in [0.4, 0.5) is 0 Å². The van der Waals surface area contributed by atoms with Crippen LogP contribution < -0.4 is 11.2 Å². The Labute approximate surface area is 107 Å². The lowest BCUT2D eigenvalue weighted by Crippen LogP contribution is -2.49. The van der Waals surface area contributed by atoms with Crippen LogP contribution >= 0.6 is 0 Å². The number of rotatable bonds is 2. The number of H-pyrrole nitrogens is 1. The first-order chi connectivity index (χ1) is 8.96. The highest BCUT2D eigenvalue weighted by molar-refractivity contribution is 5.11. The molecule has 102 valence electrons. The summed E-state index contributed by atoms with van der Waals surface area (Å²) >= 11 is 0. The lowest BCUT2D eigenvalue weighted by atomic mass is 9.95. The largest absolute Gasteiger partial charge is 0.394 e. The van der Waals surface area contributed by atoms with Gasteiger partial charge < -0.3 is 14.9 Å². The fourth-order valence-corrected chi connectivity index (χ4v) is 2.20. The molecule has 2 heterocycles. The molecule has 1 saturated heterocycles. The molecule has 3 N–H and O–H groups in total. The third kappa shape index (κ3) is 1.88. The quantitative estimate of drug-likeness (QED) is 0.574. The molecule has 0 bridgehead atoms. The van der Waals surface area contributed by atoms with E-state index in [1.165, 1.54) is 0 Å². The lowest BCUT2D eigenvalue weighted by Gasteiger charge is -2.26. The summed E-state index contributed by atoms with van der Waals surface area (Å²) in [6.45, 7) is 1.21. The molecule has 1 aromatic rings. The summed E-state index contributed by atoms with van der Waals surface area (Å²) in [6.07, 6.45) is -0.994. The summed E-state index contributed by atoms with van der Waals surface area (Å²) in [5.41, 5.74) is -3.43. The molecule has 4 atom stereocenters. The van der Waals surface area contributed by atoms with Gasteiger partial charge in [0, 0.05) is 18.2 Å². The van der Waals surface area contributed by atoms with Gasteiger partial charge >= 0.3 is 5.69 Å².